The number of hydrogen-bond acceptors (Lipinski definition) is 1. The fraction of sp³-hybridized carbons (Fsp3) is 1.00. The lowest BCUT2D eigenvalue weighted by Gasteiger charge is -2.48. The fourth-order valence-corrected chi connectivity index (χ4v) is 5.48. The molecule has 0 aromatic carbocycles. The standard InChI is InChI=1S/C15F33OP/c16-1(17,4(22,23)10(34,35)36)7(28,29)13(43,44)50(49,14(45,46)8(30,31)2(18,19)5(24,25)11(37,38)39)15(47,48)9(32,33)3(20,21)6(26,27)12(40,41)42. The average molecular weight is 854 g/mol. The van der Waals surface area contributed by atoms with E-state index in [9.17, 15) is 149 Å². The summed E-state index contributed by atoms with van der Waals surface area (Å²) in [6.45, 7) is 0. The van der Waals surface area contributed by atoms with Gasteiger partial charge in [0.05, 0.1) is 0 Å². The molecule has 0 radical (unpaired) electrons. The first-order chi connectivity index (χ1) is 20.8. The fourth-order valence-electron chi connectivity index (χ4n) is 2.81. The van der Waals surface area contributed by atoms with Crippen LogP contribution in [0.2, 0.25) is 0 Å². The maximum absolute atomic E-state index is 14.4. The lowest BCUT2D eigenvalue weighted by molar-refractivity contribution is -0.424. The van der Waals surface area contributed by atoms with Crippen LogP contribution in [0.25, 0.3) is 0 Å². The van der Waals surface area contributed by atoms with Gasteiger partial charge in [0.2, 0.25) is 0 Å². The van der Waals surface area contributed by atoms with E-state index in [1.807, 2.05) is 0 Å². The molecule has 0 fully saturated rings. The van der Waals surface area contributed by atoms with Crippen molar-refractivity contribution < 1.29 is 149 Å². The van der Waals surface area contributed by atoms with Crippen LogP contribution in [0.3, 0.4) is 0 Å². The molecule has 302 valence electrons. The van der Waals surface area contributed by atoms with Crippen molar-refractivity contribution in [1.82, 2.24) is 0 Å². The zero-order chi connectivity index (χ0) is 42.0. The third-order valence-electron chi connectivity index (χ3n) is 5.75. The van der Waals surface area contributed by atoms with Gasteiger partial charge in [-0.25, -0.2) is 0 Å². The number of rotatable bonds is 12. The van der Waals surface area contributed by atoms with Crippen molar-refractivity contribution in [3.8, 4) is 0 Å². The van der Waals surface area contributed by atoms with Crippen molar-refractivity contribution in [3.63, 3.8) is 0 Å². The molecule has 0 unspecified atom stereocenters. The quantitative estimate of drug-likeness (QED) is 0.141. The second-order valence-electron chi connectivity index (χ2n) is 8.90. The summed E-state index contributed by atoms with van der Waals surface area (Å²) >= 11 is 0. The van der Waals surface area contributed by atoms with Crippen LogP contribution >= 0.6 is 7.14 Å². The number of halogens is 33. The molecular formula is C15F33OP. The van der Waals surface area contributed by atoms with Gasteiger partial charge in [0.25, 0.3) is 0 Å². The molecule has 35 heteroatoms. The van der Waals surface area contributed by atoms with E-state index in [1.165, 1.54) is 0 Å². The first-order valence-electron chi connectivity index (χ1n) is 10.1. The molecule has 0 aliphatic heterocycles. The maximum atomic E-state index is 14.4. The Morgan fingerprint density at radius 2 is 0.320 bits per heavy atom. The van der Waals surface area contributed by atoms with Gasteiger partial charge < -0.3 is 4.57 Å². The van der Waals surface area contributed by atoms with E-state index < -0.39 is 96.0 Å². The molecule has 0 atom stereocenters. The number of alkyl halides is 33. The summed E-state index contributed by atoms with van der Waals surface area (Å²) in [4.78, 5) is 0. The summed E-state index contributed by atoms with van der Waals surface area (Å²) in [5.74, 6) is -88.8. The van der Waals surface area contributed by atoms with Crippen LogP contribution in [0, 0.1) is 0 Å². The Labute approximate surface area is 247 Å². The Kier molecular flexibility index (Phi) is 10.7. The third kappa shape index (κ3) is 5.24. The molecule has 0 aromatic rings. The van der Waals surface area contributed by atoms with Crippen LogP contribution in [0.1, 0.15) is 0 Å². The summed E-state index contributed by atoms with van der Waals surface area (Å²) in [6, 6.07) is 0. The second-order valence-corrected chi connectivity index (χ2v) is 11.8. The van der Waals surface area contributed by atoms with Gasteiger partial charge in [0.15, 0.2) is 0 Å². The van der Waals surface area contributed by atoms with Crippen LogP contribution in [0.15, 0.2) is 0 Å². The Morgan fingerprint density at radius 3 is 0.420 bits per heavy atom. The largest absolute Gasteiger partial charge is 0.460 e. The van der Waals surface area contributed by atoms with E-state index in [0.29, 0.717) is 0 Å². The molecule has 0 rings (SSSR count). The van der Waals surface area contributed by atoms with Crippen LogP contribution < -0.4 is 0 Å². The van der Waals surface area contributed by atoms with E-state index in [1.54, 1.807) is 0 Å². The Hall–Kier alpha value is -2.08. The van der Waals surface area contributed by atoms with Crippen LogP contribution in [0.5, 0.6) is 0 Å². The van der Waals surface area contributed by atoms with Gasteiger partial charge in [-0.2, -0.15) is 145 Å². The molecule has 0 aliphatic carbocycles. The van der Waals surface area contributed by atoms with Gasteiger partial charge in [0.1, 0.15) is 0 Å². The molecule has 0 bridgehead atoms. The van der Waals surface area contributed by atoms with Gasteiger partial charge in [-0.05, 0) is 0 Å². The van der Waals surface area contributed by atoms with Gasteiger partial charge in [0, 0.05) is 0 Å². The summed E-state index contributed by atoms with van der Waals surface area (Å²) in [5, 5.41) is 0. The Balaban J connectivity index is 9.05. The van der Waals surface area contributed by atoms with Gasteiger partial charge >= 0.3 is 96.0 Å². The van der Waals surface area contributed by atoms with Gasteiger partial charge in [-0.3, -0.25) is 0 Å². The van der Waals surface area contributed by atoms with E-state index in [0.717, 1.165) is 0 Å². The molecule has 0 amide bonds. The van der Waals surface area contributed by atoms with Gasteiger partial charge in [-0.1, -0.05) is 0 Å². The van der Waals surface area contributed by atoms with Crippen molar-refractivity contribution in [2.24, 2.45) is 0 Å². The van der Waals surface area contributed by atoms with Gasteiger partial charge in [-0.15, -0.1) is 0 Å². The normalized spacial score (nSPS) is 17.4. The average Bonchev–Trinajstić information content (AvgIpc) is 2.84. The molecular weight excluding hydrogens is 854 g/mol. The summed E-state index contributed by atoms with van der Waals surface area (Å²) in [7, 11) is -13.1. The van der Waals surface area contributed by atoms with Crippen LogP contribution in [0.4, 0.5) is 145 Å². The topological polar surface area (TPSA) is 17.1 Å². The molecule has 0 spiro atoms. The molecule has 0 aromatic heterocycles. The lowest BCUT2D eigenvalue weighted by atomic mass is 10.0. The number of hydrogen-bond donors (Lipinski definition) is 0. The molecule has 50 heavy (non-hydrogen) atoms. The van der Waals surface area contributed by atoms with E-state index >= 15 is 0 Å². The highest BCUT2D eigenvalue weighted by atomic mass is 31.2. The maximum Gasteiger partial charge on any atom is 0.460 e. The summed E-state index contributed by atoms with van der Waals surface area (Å²) in [5.41, 5.74) is -32.4. The van der Waals surface area contributed by atoms with E-state index in [2.05, 4.69) is 0 Å². The van der Waals surface area contributed by atoms with Crippen molar-refractivity contribution >= 4 is 7.14 Å². The predicted molar refractivity (Wildman–Crippen MR) is 85.1 cm³/mol. The highest BCUT2D eigenvalue weighted by Gasteiger charge is 3.04. The van der Waals surface area contributed by atoms with Crippen molar-refractivity contribution in [2.45, 2.75) is 88.8 Å². The van der Waals surface area contributed by atoms with Crippen molar-refractivity contribution in [1.29, 1.82) is 0 Å². The Morgan fingerprint density at radius 1 is 0.200 bits per heavy atom. The minimum Gasteiger partial charge on any atom is -0.304 e. The summed E-state index contributed by atoms with van der Waals surface area (Å²) in [6.07, 6.45) is -26.1. The van der Waals surface area contributed by atoms with E-state index in [-0.39, 0.29) is 0 Å². The molecule has 0 heterocycles. The molecule has 0 aliphatic rings. The van der Waals surface area contributed by atoms with Crippen LogP contribution in [-0.4, -0.2) is 88.8 Å². The lowest BCUT2D eigenvalue weighted by Crippen LogP contribution is -2.73. The zero-order valence-electron chi connectivity index (χ0n) is 20.8. The second kappa shape index (κ2) is 11.2. The Bertz CT molecular complexity index is 1150. The monoisotopic (exact) mass is 854 g/mol. The minimum atomic E-state index is -13.1. The molecule has 0 saturated carbocycles. The van der Waals surface area contributed by atoms with E-state index in [4.69, 9.17) is 0 Å². The SMILES string of the molecule is O=P(C(F)(F)C(F)(F)C(F)(F)C(F)(F)C(F)(F)F)(C(F)(F)C(F)(F)C(F)(F)C(F)(F)C(F)(F)F)C(F)(F)C(F)(F)C(F)(F)C(F)(F)C(F)(F)F. The smallest absolute Gasteiger partial charge is 0.304 e. The molecule has 1 nitrogen and oxygen atoms in total. The highest BCUT2D eigenvalue weighted by Crippen LogP contribution is 2.88. The molecule has 0 saturated heterocycles. The summed E-state index contributed by atoms with van der Waals surface area (Å²) < 4.78 is 451. The third-order valence-corrected chi connectivity index (χ3v) is 8.97. The zero-order valence-corrected chi connectivity index (χ0v) is 21.7. The molecule has 0 N–H and O–H groups in total. The van der Waals surface area contributed by atoms with Crippen molar-refractivity contribution in [3.05, 3.63) is 0 Å². The predicted octanol–water partition coefficient (Wildman–Crippen LogP) is 11.5. The highest BCUT2D eigenvalue weighted by molar-refractivity contribution is 7.67. The first kappa shape index (κ1) is 47.9. The first-order valence-corrected chi connectivity index (χ1v) is 11.8. The van der Waals surface area contributed by atoms with Crippen molar-refractivity contribution in [2.75, 3.05) is 0 Å². The minimum absolute atomic E-state index is 8.71. The van der Waals surface area contributed by atoms with Crippen LogP contribution in [-0.2, 0) is 4.57 Å².